The van der Waals surface area contributed by atoms with Crippen molar-refractivity contribution in [1.82, 2.24) is 10.2 Å². The maximum Gasteiger partial charge on any atom is 0.255 e. The molecule has 30 heavy (non-hydrogen) atoms. The van der Waals surface area contributed by atoms with Crippen LogP contribution in [0.2, 0.25) is 5.02 Å². The molecule has 1 aliphatic heterocycles. The van der Waals surface area contributed by atoms with Gasteiger partial charge in [0, 0.05) is 34.9 Å². The van der Waals surface area contributed by atoms with Crippen LogP contribution in [0.4, 0.5) is 5.69 Å². The predicted octanol–water partition coefficient (Wildman–Crippen LogP) is 3.97. The van der Waals surface area contributed by atoms with Gasteiger partial charge >= 0.3 is 0 Å². The fourth-order valence-electron chi connectivity index (χ4n) is 3.41. The fraction of sp³-hybridized carbons (Fsp3) is 0.348. The van der Waals surface area contributed by atoms with Crippen LogP contribution >= 0.6 is 11.6 Å². The van der Waals surface area contributed by atoms with E-state index in [4.69, 9.17) is 11.6 Å². The second-order valence-electron chi connectivity index (χ2n) is 7.84. The Hall–Kier alpha value is -2.86. The molecule has 3 rings (SSSR count). The molecular formula is C23H26ClN3O3. The van der Waals surface area contributed by atoms with E-state index in [9.17, 15) is 14.4 Å². The molecule has 2 aromatic rings. The number of halogens is 1. The largest absolute Gasteiger partial charge is 0.354 e. The van der Waals surface area contributed by atoms with Crippen molar-refractivity contribution in [1.29, 1.82) is 0 Å². The van der Waals surface area contributed by atoms with Crippen LogP contribution in [0.25, 0.3) is 0 Å². The van der Waals surface area contributed by atoms with Crippen LogP contribution in [0.1, 0.15) is 47.4 Å². The Morgan fingerprint density at radius 1 is 1.10 bits per heavy atom. The molecule has 2 N–H and O–H groups in total. The van der Waals surface area contributed by atoms with Crippen LogP contribution in [0.5, 0.6) is 0 Å². The maximum absolute atomic E-state index is 13.1. The van der Waals surface area contributed by atoms with Crippen molar-refractivity contribution in [3.63, 3.8) is 0 Å². The Balaban J connectivity index is 1.70. The van der Waals surface area contributed by atoms with Crippen LogP contribution in [0.3, 0.4) is 0 Å². The third-order valence-electron chi connectivity index (χ3n) is 4.97. The SMILES string of the molecule is CC(C)CNC(=O)[C@H]1CCCN1C(=O)c1cccc(NC(=O)c2ccc(Cl)cc2)c1. The minimum atomic E-state index is -0.455. The summed E-state index contributed by atoms with van der Waals surface area (Å²) >= 11 is 5.86. The van der Waals surface area contributed by atoms with E-state index in [1.165, 1.54) is 0 Å². The molecule has 1 fully saturated rings. The standard InChI is InChI=1S/C23H26ClN3O3/c1-15(2)14-25-22(29)20-7-4-12-27(20)23(30)17-5-3-6-19(13-17)26-21(28)16-8-10-18(24)11-9-16/h3,5-6,8-11,13,15,20H,4,7,12,14H2,1-2H3,(H,25,29)(H,26,28)/t20-/m1/s1. The third kappa shape index (κ3) is 5.39. The highest BCUT2D eigenvalue weighted by Crippen LogP contribution is 2.22. The molecule has 0 spiro atoms. The first-order valence-electron chi connectivity index (χ1n) is 10.1. The van der Waals surface area contributed by atoms with Crippen molar-refractivity contribution in [3.8, 4) is 0 Å². The van der Waals surface area contributed by atoms with E-state index in [0.717, 1.165) is 6.42 Å². The van der Waals surface area contributed by atoms with Gasteiger partial charge in [0.1, 0.15) is 6.04 Å². The van der Waals surface area contributed by atoms with Crippen molar-refractivity contribution in [2.24, 2.45) is 5.92 Å². The molecular weight excluding hydrogens is 402 g/mol. The molecule has 0 aromatic heterocycles. The van der Waals surface area contributed by atoms with Crippen LogP contribution in [0.15, 0.2) is 48.5 Å². The smallest absolute Gasteiger partial charge is 0.255 e. The first-order chi connectivity index (χ1) is 14.3. The van der Waals surface area contributed by atoms with Crippen molar-refractivity contribution in [2.75, 3.05) is 18.4 Å². The number of amides is 3. The highest BCUT2D eigenvalue weighted by molar-refractivity contribution is 6.30. The molecule has 6 nitrogen and oxygen atoms in total. The van der Waals surface area contributed by atoms with Gasteiger partial charge in [-0.3, -0.25) is 14.4 Å². The van der Waals surface area contributed by atoms with Gasteiger partial charge in [-0.15, -0.1) is 0 Å². The number of likely N-dealkylation sites (tertiary alicyclic amines) is 1. The summed E-state index contributed by atoms with van der Waals surface area (Å²) in [6, 6.07) is 12.9. The molecule has 7 heteroatoms. The van der Waals surface area contributed by atoms with Crippen LogP contribution in [-0.4, -0.2) is 41.8 Å². The summed E-state index contributed by atoms with van der Waals surface area (Å²) in [4.78, 5) is 39.6. The minimum Gasteiger partial charge on any atom is -0.354 e. The minimum absolute atomic E-state index is 0.109. The van der Waals surface area contributed by atoms with Crippen LogP contribution < -0.4 is 10.6 Å². The number of anilines is 1. The summed E-state index contributed by atoms with van der Waals surface area (Å²) < 4.78 is 0. The average molecular weight is 428 g/mol. The topological polar surface area (TPSA) is 78.5 Å². The molecule has 0 bridgehead atoms. The molecule has 1 aliphatic rings. The van der Waals surface area contributed by atoms with Gasteiger partial charge in [0.2, 0.25) is 5.91 Å². The zero-order valence-electron chi connectivity index (χ0n) is 17.2. The van der Waals surface area contributed by atoms with Crippen molar-refractivity contribution < 1.29 is 14.4 Å². The molecule has 1 saturated heterocycles. The van der Waals surface area contributed by atoms with E-state index in [1.54, 1.807) is 53.4 Å². The number of carbonyl (C=O) groups is 3. The van der Waals surface area contributed by atoms with Gasteiger partial charge in [0.25, 0.3) is 11.8 Å². The van der Waals surface area contributed by atoms with Crippen molar-refractivity contribution in [2.45, 2.75) is 32.7 Å². The average Bonchev–Trinajstić information content (AvgIpc) is 3.22. The summed E-state index contributed by atoms with van der Waals surface area (Å²) in [5.41, 5.74) is 1.42. The van der Waals surface area contributed by atoms with Crippen LogP contribution in [-0.2, 0) is 4.79 Å². The molecule has 0 unspecified atom stereocenters. The molecule has 158 valence electrons. The van der Waals surface area contributed by atoms with Crippen molar-refractivity contribution >= 4 is 35.0 Å². The van der Waals surface area contributed by atoms with E-state index in [0.29, 0.717) is 47.3 Å². The van der Waals surface area contributed by atoms with E-state index < -0.39 is 6.04 Å². The summed E-state index contributed by atoms with van der Waals surface area (Å²) in [5.74, 6) is -0.259. The number of nitrogens with zero attached hydrogens (tertiary/aromatic N) is 1. The first-order valence-corrected chi connectivity index (χ1v) is 10.5. The van der Waals surface area contributed by atoms with E-state index in [1.807, 2.05) is 13.8 Å². The van der Waals surface area contributed by atoms with Gasteiger partial charge in [-0.2, -0.15) is 0 Å². The number of nitrogens with one attached hydrogen (secondary N) is 2. The lowest BCUT2D eigenvalue weighted by Gasteiger charge is -2.24. The molecule has 1 heterocycles. The molecule has 0 radical (unpaired) electrons. The van der Waals surface area contributed by atoms with E-state index in [2.05, 4.69) is 10.6 Å². The summed E-state index contributed by atoms with van der Waals surface area (Å²) in [5, 5.41) is 6.27. The Morgan fingerprint density at radius 2 is 1.83 bits per heavy atom. The highest BCUT2D eigenvalue weighted by atomic mass is 35.5. The van der Waals surface area contributed by atoms with Crippen molar-refractivity contribution in [3.05, 3.63) is 64.7 Å². The number of carbonyl (C=O) groups excluding carboxylic acids is 3. The van der Waals surface area contributed by atoms with Gasteiger partial charge in [0.15, 0.2) is 0 Å². The molecule has 0 saturated carbocycles. The Bertz CT molecular complexity index is 928. The second kappa shape index (κ2) is 9.76. The summed E-state index contributed by atoms with van der Waals surface area (Å²) in [6.07, 6.45) is 1.45. The number of hydrogen-bond donors (Lipinski definition) is 2. The predicted molar refractivity (Wildman–Crippen MR) is 118 cm³/mol. The number of benzene rings is 2. The summed E-state index contributed by atoms with van der Waals surface area (Å²) in [7, 11) is 0. The number of hydrogen-bond acceptors (Lipinski definition) is 3. The molecule has 2 aromatic carbocycles. The lowest BCUT2D eigenvalue weighted by molar-refractivity contribution is -0.125. The quantitative estimate of drug-likeness (QED) is 0.732. The van der Waals surface area contributed by atoms with Gasteiger partial charge < -0.3 is 15.5 Å². The van der Waals surface area contributed by atoms with Gasteiger partial charge in [-0.25, -0.2) is 0 Å². The zero-order chi connectivity index (χ0) is 21.7. The molecule has 0 aliphatic carbocycles. The summed E-state index contributed by atoms with van der Waals surface area (Å²) in [6.45, 7) is 5.19. The molecule has 1 atom stereocenters. The molecule has 3 amide bonds. The maximum atomic E-state index is 13.1. The first kappa shape index (κ1) is 21.8. The lowest BCUT2D eigenvalue weighted by atomic mass is 10.1. The monoisotopic (exact) mass is 427 g/mol. The highest BCUT2D eigenvalue weighted by Gasteiger charge is 2.34. The Morgan fingerprint density at radius 3 is 2.53 bits per heavy atom. The second-order valence-corrected chi connectivity index (χ2v) is 8.27. The fourth-order valence-corrected chi connectivity index (χ4v) is 3.53. The van der Waals surface area contributed by atoms with Gasteiger partial charge in [-0.1, -0.05) is 31.5 Å². The van der Waals surface area contributed by atoms with Gasteiger partial charge in [-0.05, 0) is 61.2 Å². The van der Waals surface area contributed by atoms with E-state index in [-0.39, 0.29) is 17.7 Å². The lowest BCUT2D eigenvalue weighted by Crippen LogP contribution is -2.46. The third-order valence-corrected chi connectivity index (χ3v) is 5.23. The zero-order valence-corrected chi connectivity index (χ0v) is 17.9. The Labute approximate surface area is 181 Å². The van der Waals surface area contributed by atoms with E-state index >= 15 is 0 Å². The van der Waals surface area contributed by atoms with Gasteiger partial charge in [0.05, 0.1) is 0 Å². The normalized spacial score (nSPS) is 15.9. The Kier molecular flexibility index (Phi) is 7.11. The number of rotatable bonds is 6. The van der Waals surface area contributed by atoms with Crippen LogP contribution in [0, 0.1) is 5.92 Å².